The van der Waals surface area contributed by atoms with Gasteiger partial charge in [-0.1, -0.05) is 17.7 Å². The molecule has 74 valence electrons. The summed E-state index contributed by atoms with van der Waals surface area (Å²) in [6.07, 6.45) is 1.32. The van der Waals surface area contributed by atoms with Crippen molar-refractivity contribution in [3.63, 3.8) is 0 Å². The molecule has 0 atom stereocenters. The lowest BCUT2D eigenvalue weighted by Gasteiger charge is -1.94. The van der Waals surface area contributed by atoms with Gasteiger partial charge in [-0.25, -0.2) is 4.39 Å². The molecule has 0 aliphatic rings. The molecule has 0 aromatic heterocycles. The molecule has 6 heteroatoms. The van der Waals surface area contributed by atoms with Crippen LogP contribution in [0.3, 0.4) is 0 Å². The normalized spacial score (nSPS) is 10.4. The van der Waals surface area contributed by atoms with Crippen molar-refractivity contribution in [1.29, 1.82) is 0 Å². The predicted molar refractivity (Wildman–Crippen MR) is 54.8 cm³/mol. The van der Waals surface area contributed by atoms with Crippen molar-refractivity contribution in [3.8, 4) is 0 Å². The molecule has 0 heterocycles. The minimum atomic E-state index is -0.514. The molecule has 0 aliphatic heterocycles. The highest BCUT2D eigenvalue weighted by Gasteiger charge is 1.98. The minimum Gasteiger partial charge on any atom is -0.369 e. The number of benzene rings is 1. The van der Waals surface area contributed by atoms with Crippen LogP contribution in [0.2, 0.25) is 5.02 Å². The van der Waals surface area contributed by atoms with E-state index in [4.69, 9.17) is 23.1 Å². The highest BCUT2D eigenvalue weighted by atomic mass is 35.5. The van der Waals surface area contributed by atoms with Crippen molar-refractivity contribution in [2.45, 2.75) is 0 Å². The summed E-state index contributed by atoms with van der Waals surface area (Å²) < 4.78 is 12.9. The highest BCUT2D eigenvalue weighted by Crippen LogP contribution is 2.14. The van der Waals surface area contributed by atoms with Crippen LogP contribution in [-0.4, -0.2) is 12.2 Å². The number of rotatable bonds is 2. The molecule has 14 heavy (non-hydrogen) atoms. The van der Waals surface area contributed by atoms with Gasteiger partial charge in [-0.3, -0.25) is 0 Å². The molecule has 0 saturated carbocycles. The van der Waals surface area contributed by atoms with E-state index in [1.54, 1.807) is 6.07 Å². The molecule has 0 saturated heterocycles. The Morgan fingerprint density at radius 3 is 2.71 bits per heavy atom. The predicted octanol–water partition coefficient (Wildman–Crippen LogP) is 1.09. The van der Waals surface area contributed by atoms with Crippen LogP contribution < -0.4 is 11.5 Å². The summed E-state index contributed by atoms with van der Waals surface area (Å²) in [6.45, 7) is 0. The smallest absolute Gasteiger partial charge is 0.211 e. The first-order valence-electron chi connectivity index (χ1n) is 3.66. The Hall–Kier alpha value is -1.62. The molecule has 0 unspecified atom stereocenters. The van der Waals surface area contributed by atoms with Crippen molar-refractivity contribution < 1.29 is 4.39 Å². The van der Waals surface area contributed by atoms with E-state index >= 15 is 0 Å². The van der Waals surface area contributed by atoms with E-state index in [0.717, 1.165) is 0 Å². The summed E-state index contributed by atoms with van der Waals surface area (Å²) in [5.74, 6) is -0.670. The molecule has 0 bridgehead atoms. The van der Waals surface area contributed by atoms with Gasteiger partial charge in [0, 0.05) is 0 Å². The first-order valence-corrected chi connectivity index (χ1v) is 4.04. The Morgan fingerprint density at radius 1 is 1.43 bits per heavy atom. The first-order chi connectivity index (χ1) is 6.59. The average Bonchev–Trinajstić information content (AvgIpc) is 2.10. The Labute approximate surface area is 85.1 Å². The number of hydrogen-bond donors (Lipinski definition) is 2. The molecular weight excluding hydrogens is 207 g/mol. The second kappa shape index (κ2) is 4.57. The first kappa shape index (κ1) is 10.5. The molecule has 0 aliphatic carbocycles. The summed E-state index contributed by atoms with van der Waals surface area (Å²) in [5.41, 5.74) is 10.6. The molecule has 4 N–H and O–H groups in total. The lowest BCUT2D eigenvalue weighted by Crippen LogP contribution is -2.21. The number of nitrogens with two attached hydrogens (primary N) is 2. The fourth-order valence-corrected chi connectivity index (χ4v) is 0.872. The molecule has 1 aromatic carbocycles. The molecular formula is C8H8ClFN4. The van der Waals surface area contributed by atoms with Crippen LogP contribution in [0.15, 0.2) is 28.4 Å². The van der Waals surface area contributed by atoms with Gasteiger partial charge in [-0.15, -0.1) is 5.10 Å². The van der Waals surface area contributed by atoms with Crippen molar-refractivity contribution in [2.24, 2.45) is 21.7 Å². The zero-order chi connectivity index (χ0) is 10.6. The average molecular weight is 215 g/mol. The maximum absolute atomic E-state index is 12.9. The van der Waals surface area contributed by atoms with Gasteiger partial charge in [0.05, 0.1) is 11.2 Å². The Morgan fingerprint density at radius 2 is 2.14 bits per heavy atom. The quantitative estimate of drug-likeness (QED) is 0.439. The molecule has 0 spiro atoms. The Kier molecular flexibility index (Phi) is 3.41. The second-order valence-electron chi connectivity index (χ2n) is 2.44. The summed E-state index contributed by atoms with van der Waals surface area (Å²) >= 11 is 5.48. The highest BCUT2D eigenvalue weighted by molar-refractivity contribution is 6.30. The van der Waals surface area contributed by atoms with E-state index in [9.17, 15) is 4.39 Å². The van der Waals surface area contributed by atoms with E-state index < -0.39 is 5.82 Å². The van der Waals surface area contributed by atoms with Gasteiger partial charge in [-0.05, 0) is 17.7 Å². The van der Waals surface area contributed by atoms with Crippen LogP contribution in [0.5, 0.6) is 0 Å². The van der Waals surface area contributed by atoms with Crippen LogP contribution in [0.4, 0.5) is 4.39 Å². The maximum atomic E-state index is 12.9. The fourth-order valence-electron chi connectivity index (χ4n) is 0.755. The number of guanidine groups is 1. The minimum absolute atomic E-state index is 0.0593. The van der Waals surface area contributed by atoms with Crippen LogP contribution in [-0.2, 0) is 0 Å². The summed E-state index contributed by atoms with van der Waals surface area (Å²) in [6, 6.07) is 4.25. The molecule has 1 rings (SSSR count). The molecule has 0 radical (unpaired) electrons. The third kappa shape index (κ3) is 3.02. The number of halogens is 2. The topological polar surface area (TPSA) is 76.8 Å². The lowest BCUT2D eigenvalue weighted by molar-refractivity contribution is 0.628. The SMILES string of the molecule is NC(N)=N/N=C/c1ccc(Cl)c(F)c1. The molecule has 1 aromatic rings. The van der Waals surface area contributed by atoms with Gasteiger partial charge in [0.1, 0.15) is 5.82 Å². The van der Waals surface area contributed by atoms with E-state index in [1.165, 1.54) is 18.3 Å². The Bertz CT molecular complexity index is 385. The fraction of sp³-hybridized carbons (Fsp3) is 0. The largest absolute Gasteiger partial charge is 0.369 e. The summed E-state index contributed by atoms with van der Waals surface area (Å²) in [7, 11) is 0. The van der Waals surface area contributed by atoms with E-state index in [1.807, 2.05) is 0 Å². The van der Waals surface area contributed by atoms with Crippen LogP contribution in [0, 0.1) is 5.82 Å². The molecule has 0 fully saturated rings. The van der Waals surface area contributed by atoms with E-state index in [-0.39, 0.29) is 11.0 Å². The van der Waals surface area contributed by atoms with Crippen LogP contribution in [0.25, 0.3) is 0 Å². The van der Waals surface area contributed by atoms with Gasteiger partial charge in [-0.2, -0.15) is 5.10 Å². The van der Waals surface area contributed by atoms with Crippen molar-refractivity contribution in [2.75, 3.05) is 0 Å². The molecule has 0 amide bonds. The second-order valence-corrected chi connectivity index (χ2v) is 2.85. The molecule has 4 nitrogen and oxygen atoms in total. The number of hydrogen-bond acceptors (Lipinski definition) is 2. The van der Waals surface area contributed by atoms with Gasteiger partial charge >= 0.3 is 0 Å². The van der Waals surface area contributed by atoms with Gasteiger partial charge in [0.2, 0.25) is 5.96 Å². The van der Waals surface area contributed by atoms with Crippen molar-refractivity contribution >= 4 is 23.8 Å². The van der Waals surface area contributed by atoms with E-state index in [2.05, 4.69) is 10.2 Å². The zero-order valence-corrected chi connectivity index (χ0v) is 7.87. The summed E-state index contributed by atoms with van der Waals surface area (Å²) in [4.78, 5) is 0. The van der Waals surface area contributed by atoms with Gasteiger partial charge < -0.3 is 11.5 Å². The lowest BCUT2D eigenvalue weighted by atomic mass is 10.2. The monoisotopic (exact) mass is 214 g/mol. The zero-order valence-electron chi connectivity index (χ0n) is 7.11. The third-order valence-corrected chi connectivity index (χ3v) is 1.63. The van der Waals surface area contributed by atoms with Gasteiger partial charge in [0.25, 0.3) is 0 Å². The van der Waals surface area contributed by atoms with Crippen LogP contribution >= 0.6 is 11.6 Å². The maximum Gasteiger partial charge on any atom is 0.211 e. The van der Waals surface area contributed by atoms with Crippen molar-refractivity contribution in [1.82, 2.24) is 0 Å². The van der Waals surface area contributed by atoms with Crippen molar-refractivity contribution in [3.05, 3.63) is 34.6 Å². The summed E-state index contributed by atoms with van der Waals surface area (Å²) in [5, 5.41) is 6.93. The number of nitrogens with zero attached hydrogens (tertiary/aromatic N) is 2. The van der Waals surface area contributed by atoms with Crippen LogP contribution in [0.1, 0.15) is 5.56 Å². The van der Waals surface area contributed by atoms with E-state index in [0.29, 0.717) is 5.56 Å². The van der Waals surface area contributed by atoms with Gasteiger partial charge in [0.15, 0.2) is 0 Å². The third-order valence-electron chi connectivity index (χ3n) is 1.32. The Balaban J connectivity index is 2.83. The standard InChI is InChI=1S/C8H8ClFN4/c9-6-2-1-5(3-7(6)10)4-13-14-8(11)12/h1-4H,(H4,11,12,14)/b13-4+.